The van der Waals surface area contributed by atoms with Crippen molar-refractivity contribution in [3.05, 3.63) is 0 Å². The lowest BCUT2D eigenvalue weighted by molar-refractivity contribution is -0.0442. The van der Waals surface area contributed by atoms with Crippen LogP contribution in [0.25, 0.3) is 0 Å². The maximum Gasteiger partial charge on any atom is 0.106 e. The highest BCUT2D eigenvalue weighted by Crippen LogP contribution is 2.24. The molecule has 0 spiro atoms. The number of nitrogens with zero attached hydrogens (tertiary/aromatic N) is 1. The van der Waals surface area contributed by atoms with E-state index in [1.165, 1.54) is 6.42 Å². The molecule has 3 unspecified atom stereocenters. The van der Waals surface area contributed by atoms with Crippen LogP contribution in [0.5, 0.6) is 0 Å². The Hall–Kier alpha value is -0.160. The summed E-state index contributed by atoms with van der Waals surface area (Å²) < 4.78 is 11.3. The first-order valence-electron chi connectivity index (χ1n) is 7.22. The quantitative estimate of drug-likeness (QED) is 0.820. The number of rotatable bonds is 3. The summed E-state index contributed by atoms with van der Waals surface area (Å²) in [6, 6.07) is 0.619. The Morgan fingerprint density at radius 1 is 1.44 bits per heavy atom. The van der Waals surface area contributed by atoms with Gasteiger partial charge in [-0.1, -0.05) is 6.92 Å². The first-order chi connectivity index (χ1) is 8.63. The molecule has 18 heavy (non-hydrogen) atoms. The van der Waals surface area contributed by atoms with Crippen LogP contribution in [-0.4, -0.2) is 63.0 Å². The minimum Gasteiger partial charge on any atom is -0.378 e. The lowest BCUT2D eigenvalue weighted by Crippen LogP contribution is -2.50. The zero-order valence-corrected chi connectivity index (χ0v) is 12.1. The average Bonchev–Trinajstić information content (AvgIpc) is 2.81. The van der Waals surface area contributed by atoms with Crippen LogP contribution in [0.3, 0.4) is 0 Å². The second-order valence-corrected chi connectivity index (χ2v) is 6.13. The third-order valence-corrected chi connectivity index (χ3v) is 4.27. The van der Waals surface area contributed by atoms with E-state index >= 15 is 0 Å². The summed E-state index contributed by atoms with van der Waals surface area (Å²) in [7, 11) is 1.83. The van der Waals surface area contributed by atoms with E-state index in [0.717, 1.165) is 45.8 Å². The van der Waals surface area contributed by atoms with Gasteiger partial charge in [0.15, 0.2) is 0 Å². The summed E-state index contributed by atoms with van der Waals surface area (Å²) in [6.07, 6.45) is 2.25. The van der Waals surface area contributed by atoms with Crippen LogP contribution in [0.2, 0.25) is 0 Å². The Bertz CT molecular complexity index is 254. The Balaban J connectivity index is 1.93. The Morgan fingerprint density at radius 3 is 2.94 bits per heavy atom. The van der Waals surface area contributed by atoms with Gasteiger partial charge in [-0.05, 0) is 32.4 Å². The lowest BCUT2D eigenvalue weighted by atomic mass is 10.00. The SMILES string of the molecule is COC1(CN2CCC(C)NCC(C)C2)CCOC1. The van der Waals surface area contributed by atoms with Crippen LogP contribution in [0, 0.1) is 5.92 Å². The van der Waals surface area contributed by atoms with Crippen molar-refractivity contribution in [3.8, 4) is 0 Å². The normalized spacial score (nSPS) is 39.5. The van der Waals surface area contributed by atoms with E-state index < -0.39 is 0 Å². The minimum atomic E-state index is -0.0599. The molecule has 0 aromatic rings. The predicted octanol–water partition coefficient (Wildman–Crippen LogP) is 1.11. The van der Waals surface area contributed by atoms with Crippen LogP contribution in [0.1, 0.15) is 26.7 Å². The number of hydrogen-bond donors (Lipinski definition) is 1. The fraction of sp³-hybridized carbons (Fsp3) is 1.00. The van der Waals surface area contributed by atoms with Gasteiger partial charge in [-0.15, -0.1) is 0 Å². The number of hydrogen-bond acceptors (Lipinski definition) is 4. The van der Waals surface area contributed by atoms with E-state index in [1.807, 2.05) is 7.11 Å². The zero-order chi connectivity index (χ0) is 13.0. The first kappa shape index (κ1) is 14.3. The predicted molar refractivity (Wildman–Crippen MR) is 72.9 cm³/mol. The van der Waals surface area contributed by atoms with Crippen molar-refractivity contribution < 1.29 is 9.47 Å². The van der Waals surface area contributed by atoms with Gasteiger partial charge in [-0.3, -0.25) is 0 Å². The Labute approximate surface area is 111 Å². The summed E-state index contributed by atoms with van der Waals surface area (Å²) in [5.74, 6) is 0.698. The first-order valence-corrected chi connectivity index (χ1v) is 7.22. The molecule has 1 N–H and O–H groups in total. The molecule has 0 saturated carbocycles. The van der Waals surface area contributed by atoms with Crippen molar-refractivity contribution in [3.63, 3.8) is 0 Å². The molecule has 4 nitrogen and oxygen atoms in total. The van der Waals surface area contributed by atoms with E-state index in [0.29, 0.717) is 12.0 Å². The molecule has 2 aliphatic heterocycles. The highest BCUT2D eigenvalue weighted by molar-refractivity contribution is 4.89. The van der Waals surface area contributed by atoms with Gasteiger partial charge < -0.3 is 19.7 Å². The second-order valence-electron chi connectivity index (χ2n) is 6.13. The van der Waals surface area contributed by atoms with Crippen LogP contribution < -0.4 is 5.32 Å². The fourth-order valence-corrected chi connectivity index (χ4v) is 2.97. The molecule has 0 aromatic heterocycles. The van der Waals surface area contributed by atoms with Gasteiger partial charge in [0.2, 0.25) is 0 Å². The molecule has 2 saturated heterocycles. The number of ether oxygens (including phenoxy) is 2. The van der Waals surface area contributed by atoms with Crippen LogP contribution in [-0.2, 0) is 9.47 Å². The van der Waals surface area contributed by atoms with E-state index in [9.17, 15) is 0 Å². The monoisotopic (exact) mass is 256 g/mol. The van der Waals surface area contributed by atoms with Gasteiger partial charge >= 0.3 is 0 Å². The lowest BCUT2D eigenvalue weighted by Gasteiger charge is -2.37. The van der Waals surface area contributed by atoms with Crippen LogP contribution >= 0.6 is 0 Å². The van der Waals surface area contributed by atoms with Crippen molar-refractivity contribution in [1.29, 1.82) is 0 Å². The topological polar surface area (TPSA) is 33.7 Å². The van der Waals surface area contributed by atoms with Crippen molar-refractivity contribution in [1.82, 2.24) is 10.2 Å². The summed E-state index contributed by atoms with van der Waals surface area (Å²) >= 11 is 0. The van der Waals surface area contributed by atoms with Gasteiger partial charge in [0.25, 0.3) is 0 Å². The molecule has 2 heterocycles. The van der Waals surface area contributed by atoms with E-state index in [4.69, 9.17) is 9.47 Å². The molecular formula is C14H28N2O2. The second kappa shape index (κ2) is 6.33. The zero-order valence-electron chi connectivity index (χ0n) is 12.1. The molecule has 2 fully saturated rings. The molecule has 0 bridgehead atoms. The molecule has 0 aromatic carbocycles. The van der Waals surface area contributed by atoms with Gasteiger partial charge in [0.05, 0.1) is 6.61 Å². The molecule has 0 radical (unpaired) electrons. The number of nitrogens with one attached hydrogen (secondary N) is 1. The molecule has 0 amide bonds. The molecule has 2 rings (SSSR count). The Morgan fingerprint density at radius 2 is 2.28 bits per heavy atom. The van der Waals surface area contributed by atoms with Gasteiger partial charge in [-0.2, -0.15) is 0 Å². The van der Waals surface area contributed by atoms with Gasteiger partial charge in [-0.25, -0.2) is 0 Å². The smallest absolute Gasteiger partial charge is 0.106 e. The van der Waals surface area contributed by atoms with Crippen molar-refractivity contribution in [2.75, 3.05) is 46.5 Å². The third kappa shape index (κ3) is 3.67. The van der Waals surface area contributed by atoms with Crippen LogP contribution in [0.4, 0.5) is 0 Å². The van der Waals surface area contributed by atoms with Gasteiger partial charge in [0, 0.05) is 39.3 Å². The minimum absolute atomic E-state index is 0.0599. The summed E-state index contributed by atoms with van der Waals surface area (Å²) in [4.78, 5) is 2.57. The third-order valence-electron chi connectivity index (χ3n) is 4.27. The molecule has 4 heteroatoms. The highest BCUT2D eigenvalue weighted by atomic mass is 16.5. The average molecular weight is 256 g/mol. The van der Waals surface area contributed by atoms with E-state index in [-0.39, 0.29) is 5.60 Å². The van der Waals surface area contributed by atoms with Crippen LogP contribution in [0.15, 0.2) is 0 Å². The molecule has 2 aliphatic rings. The summed E-state index contributed by atoms with van der Waals surface area (Å²) in [6.45, 7) is 10.6. The maximum absolute atomic E-state index is 5.75. The maximum atomic E-state index is 5.75. The molecule has 0 aliphatic carbocycles. The van der Waals surface area contributed by atoms with Crippen molar-refractivity contribution >= 4 is 0 Å². The van der Waals surface area contributed by atoms with Crippen molar-refractivity contribution in [2.45, 2.75) is 38.3 Å². The fourth-order valence-electron chi connectivity index (χ4n) is 2.97. The Kier molecular flexibility index (Phi) is 5.01. The summed E-state index contributed by atoms with van der Waals surface area (Å²) in [5.41, 5.74) is -0.0599. The van der Waals surface area contributed by atoms with E-state index in [2.05, 4.69) is 24.1 Å². The van der Waals surface area contributed by atoms with E-state index in [1.54, 1.807) is 0 Å². The molecule has 106 valence electrons. The summed E-state index contributed by atoms with van der Waals surface area (Å²) in [5, 5.41) is 3.59. The number of methoxy groups -OCH3 is 1. The molecular weight excluding hydrogens is 228 g/mol. The molecule has 3 atom stereocenters. The standard InChI is InChI=1S/C14H28N2O2/c1-12-8-15-13(2)4-6-16(9-12)10-14(17-3)5-7-18-11-14/h12-13,15H,4-11H2,1-3H3. The largest absolute Gasteiger partial charge is 0.378 e. The van der Waals surface area contributed by atoms with Gasteiger partial charge in [0.1, 0.15) is 5.60 Å². The van der Waals surface area contributed by atoms with Crippen molar-refractivity contribution in [2.24, 2.45) is 5.92 Å². The highest BCUT2D eigenvalue weighted by Gasteiger charge is 2.37.